The summed E-state index contributed by atoms with van der Waals surface area (Å²) in [6.45, 7) is 5.47. The summed E-state index contributed by atoms with van der Waals surface area (Å²) < 4.78 is 38.2. The molecule has 5 aromatic carbocycles. The molecule has 0 saturated carbocycles. The van der Waals surface area contributed by atoms with E-state index in [1.807, 2.05) is 64.4 Å². The molecule has 0 radical (unpaired) electrons. The Hall–Kier alpha value is -4.20. The molecule has 0 atom stereocenters. The van der Waals surface area contributed by atoms with Crippen molar-refractivity contribution in [2.45, 2.75) is 6.92 Å². The highest BCUT2D eigenvalue weighted by molar-refractivity contribution is 7.37. The van der Waals surface area contributed by atoms with Gasteiger partial charge in [-0.1, -0.05) is 49.1 Å². The molecule has 6 heteroatoms. The lowest BCUT2D eigenvalue weighted by molar-refractivity contribution is 0.628. The van der Waals surface area contributed by atoms with Crippen molar-refractivity contribution >= 4 is 121 Å². The molecule has 0 bridgehead atoms. The lowest BCUT2D eigenvalue weighted by Gasteiger charge is -2.03. The van der Waals surface area contributed by atoms with Gasteiger partial charge in [-0.3, -0.25) is 0 Å². The summed E-state index contributed by atoms with van der Waals surface area (Å²) in [5.74, 6) is -0.552. The Bertz CT molecular complexity index is 2760. The van der Waals surface area contributed by atoms with Gasteiger partial charge in [-0.25, -0.2) is 8.78 Å². The van der Waals surface area contributed by atoms with E-state index in [9.17, 15) is 8.78 Å². The predicted molar refractivity (Wildman–Crippen MR) is 199 cm³/mol. The standard InChI is InChI=1S/C39H22F2S4/c1-3-20(12-26(40)4-2)22-8-10-28-32(16-22)42-38-30-14-24-19-35-31(15-25(24)18-34(30)44-36(28)38)39-37(45-35)29-11-9-23(17-33(29)43-39)21-6-5-7-27(41)13-21/h3-19H,2H2,1H3/b20-3+,26-12+. The van der Waals surface area contributed by atoms with E-state index < -0.39 is 0 Å². The van der Waals surface area contributed by atoms with Crippen molar-refractivity contribution in [3.05, 3.63) is 127 Å². The van der Waals surface area contributed by atoms with Crippen LogP contribution >= 0.6 is 45.3 Å². The van der Waals surface area contributed by atoms with Crippen molar-refractivity contribution in [3.63, 3.8) is 0 Å². The van der Waals surface area contributed by atoms with Crippen LogP contribution in [0.25, 0.3) is 86.6 Å². The second kappa shape index (κ2) is 10.2. The van der Waals surface area contributed by atoms with Crippen LogP contribution in [0.5, 0.6) is 0 Å². The quantitative estimate of drug-likeness (QED) is 0.165. The van der Waals surface area contributed by atoms with E-state index in [1.165, 1.54) is 88.1 Å². The molecule has 0 nitrogen and oxygen atoms in total. The first-order valence-corrected chi connectivity index (χ1v) is 17.8. The van der Waals surface area contributed by atoms with Gasteiger partial charge in [0, 0.05) is 40.3 Å². The average Bonchev–Trinajstić information content (AvgIpc) is 3.78. The summed E-state index contributed by atoms with van der Waals surface area (Å²) in [7, 11) is 0. The Morgan fingerprint density at radius 1 is 0.622 bits per heavy atom. The van der Waals surface area contributed by atoms with Crippen molar-refractivity contribution in [2.75, 3.05) is 0 Å². The molecule has 0 amide bonds. The van der Waals surface area contributed by atoms with Crippen LogP contribution in [0.15, 0.2) is 116 Å². The average molecular weight is 657 g/mol. The molecule has 45 heavy (non-hydrogen) atoms. The number of allylic oxidation sites excluding steroid dienone is 5. The second-order valence-corrected chi connectivity index (χ2v) is 15.4. The third kappa shape index (κ3) is 4.24. The number of rotatable bonds is 4. The van der Waals surface area contributed by atoms with Crippen LogP contribution in [-0.2, 0) is 0 Å². The van der Waals surface area contributed by atoms with Gasteiger partial charge in [0.1, 0.15) is 11.6 Å². The SMILES string of the molecule is C=C/C(F)=C\C(=C/C)c1ccc2c(c1)sc1c3cc4cc5sc6c7ccc(-c8cccc(F)c8)cc7sc6c5cc4cc3sc21. The van der Waals surface area contributed by atoms with Gasteiger partial charge in [-0.2, -0.15) is 0 Å². The van der Waals surface area contributed by atoms with Gasteiger partial charge in [-0.05, 0) is 101 Å². The van der Waals surface area contributed by atoms with E-state index in [-0.39, 0.29) is 11.6 Å². The highest BCUT2D eigenvalue weighted by atomic mass is 32.1. The van der Waals surface area contributed by atoms with Crippen LogP contribution < -0.4 is 0 Å². The highest BCUT2D eigenvalue weighted by Gasteiger charge is 2.17. The summed E-state index contributed by atoms with van der Waals surface area (Å²) >= 11 is 7.35. The van der Waals surface area contributed by atoms with Crippen LogP contribution in [0, 0.1) is 5.82 Å². The maximum absolute atomic E-state index is 14.0. The zero-order valence-corrected chi connectivity index (χ0v) is 27.2. The first kappa shape index (κ1) is 27.1. The molecule has 4 aromatic heterocycles. The summed E-state index contributed by atoms with van der Waals surface area (Å²) in [6.07, 6.45) is 4.71. The molecular formula is C39H22F2S4. The number of halogens is 2. The normalized spacial score (nSPS) is 13.1. The number of fused-ring (bicyclic) bond motifs is 11. The predicted octanol–water partition coefficient (Wildman–Crippen LogP) is 14.3. The molecule has 0 aliphatic heterocycles. The van der Waals surface area contributed by atoms with E-state index in [1.54, 1.807) is 12.1 Å². The maximum atomic E-state index is 14.0. The molecule has 0 aliphatic rings. The summed E-state index contributed by atoms with van der Waals surface area (Å²) in [6, 6.07) is 29.1. The van der Waals surface area contributed by atoms with Gasteiger partial charge in [-0.15, -0.1) is 45.3 Å². The van der Waals surface area contributed by atoms with Gasteiger partial charge in [0.15, 0.2) is 0 Å². The second-order valence-electron chi connectivity index (χ2n) is 11.2. The molecule has 0 fully saturated rings. The fourth-order valence-corrected chi connectivity index (χ4v) is 11.8. The molecule has 9 aromatic rings. The van der Waals surface area contributed by atoms with Crippen molar-refractivity contribution in [2.24, 2.45) is 0 Å². The molecule has 216 valence electrons. The summed E-state index contributed by atoms with van der Waals surface area (Å²) in [4.78, 5) is 0. The van der Waals surface area contributed by atoms with Gasteiger partial charge >= 0.3 is 0 Å². The zero-order valence-electron chi connectivity index (χ0n) is 23.9. The number of thiophene rings is 4. The topological polar surface area (TPSA) is 0 Å². The Morgan fingerprint density at radius 2 is 1.18 bits per heavy atom. The monoisotopic (exact) mass is 656 g/mol. The minimum atomic E-state index is -0.337. The molecule has 0 aliphatic carbocycles. The van der Waals surface area contributed by atoms with Crippen molar-refractivity contribution in [3.8, 4) is 11.1 Å². The van der Waals surface area contributed by atoms with Gasteiger partial charge in [0.2, 0.25) is 0 Å². The van der Waals surface area contributed by atoms with E-state index in [2.05, 4.69) is 67.2 Å². The fourth-order valence-electron chi connectivity index (χ4n) is 6.32. The lowest BCUT2D eigenvalue weighted by atomic mass is 10.0. The van der Waals surface area contributed by atoms with Crippen LogP contribution in [0.1, 0.15) is 12.5 Å². The van der Waals surface area contributed by atoms with Crippen molar-refractivity contribution in [1.82, 2.24) is 0 Å². The minimum absolute atomic E-state index is 0.215. The maximum Gasteiger partial charge on any atom is 0.123 e. The van der Waals surface area contributed by atoms with E-state index in [0.717, 1.165) is 22.3 Å². The Labute approximate surface area is 273 Å². The molecule has 0 spiro atoms. The number of hydrogen-bond acceptors (Lipinski definition) is 4. The van der Waals surface area contributed by atoms with Crippen LogP contribution in [0.4, 0.5) is 8.78 Å². The van der Waals surface area contributed by atoms with Gasteiger partial charge < -0.3 is 0 Å². The highest BCUT2D eigenvalue weighted by Crippen LogP contribution is 2.49. The molecule has 0 saturated heterocycles. The molecule has 9 rings (SSSR count). The smallest absolute Gasteiger partial charge is 0.123 e. The van der Waals surface area contributed by atoms with Crippen molar-refractivity contribution in [1.29, 1.82) is 0 Å². The third-order valence-corrected chi connectivity index (χ3v) is 13.5. The van der Waals surface area contributed by atoms with Crippen LogP contribution in [-0.4, -0.2) is 0 Å². The largest absolute Gasteiger partial charge is 0.207 e. The first-order chi connectivity index (χ1) is 22.0. The van der Waals surface area contributed by atoms with Gasteiger partial charge in [0.05, 0.1) is 18.8 Å². The Balaban J connectivity index is 1.18. The van der Waals surface area contributed by atoms with Crippen LogP contribution in [0.2, 0.25) is 0 Å². The number of benzene rings is 5. The van der Waals surface area contributed by atoms with E-state index >= 15 is 0 Å². The summed E-state index contributed by atoms with van der Waals surface area (Å²) in [5.41, 5.74) is 3.79. The van der Waals surface area contributed by atoms with Crippen molar-refractivity contribution < 1.29 is 8.78 Å². The number of hydrogen-bond donors (Lipinski definition) is 0. The minimum Gasteiger partial charge on any atom is -0.207 e. The van der Waals surface area contributed by atoms with Gasteiger partial charge in [0.25, 0.3) is 0 Å². The van der Waals surface area contributed by atoms with Crippen LogP contribution in [0.3, 0.4) is 0 Å². The summed E-state index contributed by atoms with van der Waals surface area (Å²) in [5, 5.41) is 7.60. The molecular weight excluding hydrogens is 635 g/mol. The fraction of sp³-hybridized carbons (Fsp3) is 0.0256. The first-order valence-electron chi connectivity index (χ1n) is 14.5. The third-order valence-electron chi connectivity index (χ3n) is 8.53. The van der Waals surface area contributed by atoms with E-state index in [0.29, 0.717) is 0 Å². The lowest BCUT2D eigenvalue weighted by Crippen LogP contribution is -1.81. The molecule has 0 unspecified atom stereocenters. The Morgan fingerprint density at radius 3 is 1.78 bits per heavy atom. The molecule has 0 N–H and O–H groups in total. The molecule has 4 heterocycles. The Kier molecular flexibility index (Phi) is 6.13. The van der Waals surface area contributed by atoms with E-state index in [4.69, 9.17) is 0 Å². The zero-order chi connectivity index (χ0) is 30.4.